The molecule has 2 aliphatic heterocycles. The minimum absolute atomic E-state index is 0.0199. The SMILES string of the molecule is CNC(=O)C1CCN(C(=O)c2ncn3c2CO[C@H](c2ccc(OC)cc2)C3)CC1. The van der Waals surface area contributed by atoms with E-state index < -0.39 is 0 Å². The molecule has 0 aliphatic carbocycles. The Kier molecular flexibility index (Phi) is 5.53. The van der Waals surface area contributed by atoms with Gasteiger partial charge in [-0.3, -0.25) is 9.59 Å². The van der Waals surface area contributed by atoms with Crippen molar-refractivity contribution in [3.8, 4) is 5.75 Å². The number of likely N-dealkylation sites (tertiary alicyclic amines) is 1. The highest BCUT2D eigenvalue weighted by molar-refractivity contribution is 5.93. The van der Waals surface area contributed by atoms with Gasteiger partial charge in [0.2, 0.25) is 5.91 Å². The van der Waals surface area contributed by atoms with E-state index >= 15 is 0 Å². The second-order valence-electron chi connectivity index (χ2n) is 7.45. The summed E-state index contributed by atoms with van der Waals surface area (Å²) in [7, 11) is 3.29. The molecule has 0 radical (unpaired) electrons. The van der Waals surface area contributed by atoms with Crippen LogP contribution in [0.2, 0.25) is 0 Å². The van der Waals surface area contributed by atoms with E-state index in [1.807, 2.05) is 28.8 Å². The molecular weight excluding hydrogens is 372 g/mol. The smallest absolute Gasteiger partial charge is 0.274 e. The van der Waals surface area contributed by atoms with Gasteiger partial charge in [0.1, 0.15) is 11.9 Å². The van der Waals surface area contributed by atoms with E-state index in [-0.39, 0.29) is 23.8 Å². The Hall–Kier alpha value is -2.87. The van der Waals surface area contributed by atoms with Gasteiger partial charge in [-0.25, -0.2) is 4.98 Å². The van der Waals surface area contributed by atoms with Crippen LogP contribution < -0.4 is 10.1 Å². The fraction of sp³-hybridized carbons (Fsp3) is 0.476. The lowest BCUT2D eigenvalue weighted by Gasteiger charge is -2.31. The summed E-state index contributed by atoms with van der Waals surface area (Å²) in [5, 5.41) is 2.69. The first-order valence-electron chi connectivity index (χ1n) is 9.91. The number of imidazole rings is 1. The lowest BCUT2D eigenvalue weighted by Crippen LogP contribution is -2.42. The number of benzene rings is 1. The van der Waals surface area contributed by atoms with Gasteiger partial charge in [0, 0.05) is 26.1 Å². The highest BCUT2D eigenvalue weighted by atomic mass is 16.5. The van der Waals surface area contributed by atoms with Crippen LogP contribution >= 0.6 is 0 Å². The Labute approximate surface area is 169 Å². The summed E-state index contributed by atoms with van der Waals surface area (Å²) in [6.07, 6.45) is 2.99. The average Bonchev–Trinajstić information content (AvgIpc) is 3.21. The molecule has 1 N–H and O–H groups in total. The molecule has 154 valence electrons. The summed E-state index contributed by atoms with van der Waals surface area (Å²) < 4.78 is 13.2. The van der Waals surface area contributed by atoms with Crippen LogP contribution in [-0.4, -0.2) is 53.5 Å². The van der Waals surface area contributed by atoms with Crippen molar-refractivity contribution in [1.29, 1.82) is 0 Å². The molecule has 0 saturated carbocycles. The number of nitrogens with zero attached hydrogens (tertiary/aromatic N) is 3. The summed E-state index contributed by atoms with van der Waals surface area (Å²) in [6, 6.07) is 7.82. The van der Waals surface area contributed by atoms with Crippen LogP contribution in [0.15, 0.2) is 30.6 Å². The van der Waals surface area contributed by atoms with Crippen molar-refractivity contribution in [3.63, 3.8) is 0 Å². The number of rotatable bonds is 4. The lowest BCUT2D eigenvalue weighted by atomic mass is 9.95. The second-order valence-corrected chi connectivity index (χ2v) is 7.45. The summed E-state index contributed by atoms with van der Waals surface area (Å²) in [5.74, 6) is 0.754. The van der Waals surface area contributed by atoms with E-state index in [1.165, 1.54) is 0 Å². The zero-order chi connectivity index (χ0) is 20.4. The fourth-order valence-electron chi connectivity index (χ4n) is 4.02. The number of aromatic nitrogens is 2. The molecule has 2 aliphatic rings. The zero-order valence-corrected chi connectivity index (χ0v) is 16.8. The van der Waals surface area contributed by atoms with Crippen molar-refractivity contribution in [2.75, 3.05) is 27.2 Å². The quantitative estimate of drug-likeness (QED) is 0.848. The first-order valence-corrected chi connectivity index (χ1v) is 9.91. The Morgan fingerprint density at radius 2 is 1.93 bits per heavy atom. The monoisotopic (exact) mass is 398 g/mol. The Morgan fingerprint density at radius 1 is 1.21 bits per heavy atom. The maximum atomic E-state index is 13.0. The van der Waals surface area contributed by atoms with Crippen molar-refractivity contribution in [3.05, 3.63) is 47.5 Å². The number of piperidine rings is 1. The van der Waals surface area contributed by atoms with Crippen molar-refractivity contribution in [2.24, 2.45) is 5.92 Å². The highest BCUT2D eigenvalue weighted by Gasteiger charge is 2.31. The normalized spacial score (nSPS) is 19.5. The number of carbonyl (C=O) groups excluding carboxylic acids is 2. The van der Waals surface area contributed by atoms with E-state index in [0.29, 0.717) is 44.8 Å². The van der Waals surface area contributed by atoms with Crippen molar-refractivity contribution >= 4 is 11.8 Å². The van der Waals surface area contributed by atoms with Crippen LogP contribution in [0.1, 0.15) is 40.7 Å². The minimum Gasteiger partial charge on any atom is -0.497 e. The predicted molar refractivity (Wildman–Crippen MR) is 105 cm³/mol. The van der Waals surface area contributed by atoms with Crippen LogP contribution in [-0.2, 0) is 22.7 Å². The minimum atomic E-state index is -0.0890. The molecule has 2 amide bonds. The number of carbonyl (C=O) groups is 2. The second kappa shape index (κ2) is 8.24. The van der Waals surface area contributed by atoms with Crippen molar-refractivity contribution < 1.29 is 19.1 Å². The van der Waals surface area contributed by atoms with E-state index in [0.717, 1.165) is 17.0 Å². The molecule has 1 atom stereocenters. The standard InChI is InChI=1S/C21H26N4O4/c1-22-20(26)15-7-9-24(10-8-15)21(27)19-17-12-29-18(11-25(17)13-23-19)14-3-5-16(28-2)6-4-14/h3-6,13,15,18H,7-12H2,1-2H3,(H,22,26)/t18-/m0/s1. The van der Waals surface area contributed by atoms with Crippen LogP contribution in [0, 0.1) is 5.92 Å². The lowest BCUT2D eigenvalue weighted by molar-refractivity contribution is -0.125. The van der Waals surface area contributed by atoms with E-state index in [4.69, 9.17) is 9.47 Å². The third kappa shape index (κ3) is 3.85. The fourth-order valence-corrected chi connectivity index (χ4v) is 4.02. The average molecular weight is 398 g/mol. The van der Waals surface area contributed by atoms with Gasteiger partial charge in [-0.05, 0) is 30.5 Å². The molecule has 2 aromatic rings. The molecule has 8 heteroatoms. The molecule has 0 unspecified atom stereocenters. The number of fused-ring (bicyclic) bond motifs is 1. The summed E-state index contributed by atoms with van der Waals surface area (Å²) in [5.41, 5.74) is 2.33. The largest absolute Gasteiger partial charge is 0.497 e. The molecule has 1 saturated heterocycles. The third-order valence-electron chi connectivity index (χ3n) is 5.82. The molecule has 4 rings (SSSR count). The Morgan fingerprint density at radius 3 is 2.59 bits per heavy atom. The number of ether oxygens (including phenoxy) is 2. The number of methoxy groups -OCH3 is 1. The Balaban J connectivity index is 1.43. The van der Waals surface area contributed by atoms with E-state index in [2.05, 4.69) is 10.3 Å². The highest BCUT2D eigenvalue weighted by Crippen LogP contribution is 2.29. The van der Waals surface area contributed by atoms with Crippen molar-refractivity contribution in [2.45, 2.75) is 32.1 Å². The topological polar surface area (TPSA) is 85.7 Å². The molecule has 8 nitrogen and oxygen atoms in total. The van der Waals surface area contributed by atoms with Gasteiger partial charge in [-0.15, -0.1) is 0 Å². The van der Waals surface area contributed by atoms with Gasteiger partial charge >= 0.3 is 0 Å². The summed E-state index contributed by atoms with van der Waals surface area (Å²) >= 11 is 0. The van der Waals surface area contributed by atoms with Crippen LogP contribution in [0.25, 0.3) is 0 Å². The van der Waals surface area contributed by atoms with E-state index in [9.17, 15) is 9.59 Å². The molecule has 1 fully saturated rings. The molecule has 3 heterocycles. The van der Waals surface area contributed by atoms with Crippen LogP contribution in [0.5, 0.6) is 5.75 Å². The predicted octanol–water partition coefficient (Wildman–Crippen LogP) is 1.76. The molecule has 0 spiro atoms. The van der Waals surface area contributed by atoms with Gasteiger partial charge in [-0.2, -0.15) is 0 Å². The molecule has 1 aromatic carbocycles. The first-order chi connectivity index (χ1) is 14.1. The number of hydrogen-bond donors (Lipinski definition) is 1. The zero-order valence-electron chi connectivity index (χ0n) is 16.8. The van der Waals surface area contributed by atoms with Crippen LogP contribution in [0.3, 0.4) is 0 Å². The molecular formula is C21H26N4O4. The van der Waals surface area contributed by atoms with Gasteiger partial charge in [0.25, 0.3) is 5.91 Å². The summed E-state index contributed by atoms with van der Waals surface area (Å²) in [6.45, 7) is 2.09. The maximum Gasteiger partial charge on any atom is 0.274 e. The Bertz CT molecular complexity index is 885. The van der Waals surface area contributed by atoms with Crippen LogP contribution in [0.4, 0.5) is 0 Å². The van der Waals surface area contributed by atoms with E-state index in [1.54, 1.807) is 25.4 Å². The number of hydrogen-bond acceptors (Lipinski definition) is 5. The number of amides is 2. The van der Waals surface area contributed by atoms with Gasteiger partial charge in [-0.1, -0.05) is 12.1 Å². The van der Waals surface area contributed by atoms with Gasteiger partial charge < -0.3 is 24.3 Å². The van der Waals surface area contributed by atoms with Crippen molar-refractivity contribution in [1.82, 2.24) is 19.8 Å². The molecule has 1 aromatic heterocycles. The number of nitrogens with one attached hydrogen (secondary N) is 1. The first kappa shape index (κ1) is 19.4. The molecule has 0 bridgehead atoms. The molecule has 29 heavy (non-hydrogen) atoms. The van der Waals surface area contributed by atoms with Gasteiger partial charge in [0.05, 0.1) is 32.3 Å². The summed E-state index contributed by atoms with van der Waals surface area (Å²) in [4.78, 5) is 31.0. The van der Waals surface area contributed by atoms with Gasteiger partial charge in [0.15, 0.2) is 5.69 Å². The maximum absolute atomic E-state index is 13.0. The third-order valence-corrected chi connectivity index (χ3v) is 5.82.